The lowest BCUT2D eigenvalue weighted by Crippen LogP contribution is -2.52. The minimum Gasteiger partial charge on any atom is -0.368 e. The van der Waals surface area contributed by atoms with E-state index in [2.05, 4.69) is 76.6 Å². The van der Waals surface area contributed by atoms with E-state index in [1.165, 1.54) is 5.69 Å². The van der Waals surface area contributed by atoms with E-state index in [4.69, 9.17) is 4.99 Å². The maximum atomic E-state index is 11.9. The van der Waals surface area contributed by atoms with Gasteiger partial charge in [-0.1, -0.05) is 48.5 Å². The van der Waals surface area contributed by atoms with Crippen molar-refractivity contribution < 1.29 is 0 Å². The molecular weight excluding hydrogens is 525 g/mol. The molecule has 1 N–H and O–H groups in total. The van der Waals surface area contributed by atoms with Crippen LogP contribution in [-0.2, 0) is 13.1 Å². The second-order valence-corrected chi connectivity index (χ2v) is 7.96. The molecule has 0 atom stereocenters. The van der Waals surface area contributed by atoms with Gasteiger partial charge in [0.2, 0.25) is 0 Å². The van der Waals surface area contributed by atoms with E-state index < -0.39 is 0 Å². The molecule has 3 aromatic rings. The number of nitrogens with zero attached hydrogens (tertiary/aromatic N) is 4. The standard InChI is InChI=1S/C26H31N5O.HI/c1-2-27-26(30-18-16-29(17-19-30)24-8-4-3-5-9-24)28-20-22-11-13-23(14-12-22)21-31-15-7-6-10-25(31)32;/h3-15H,2,16-21H2,1H3,(H,27,28);1H. The molecule has 1 aliphatic heterocycles. The quantitative estimate of drug-likeness (QED) is 0.285. The van der Waals surface area contributed by atoms with Crippen LogP contribution >= 0.6 is 24.0 Å². The maximum absolute atomic E-state index is 11.9. The van der Waals surface area contributed by atoms with Crippen molar-refractivity contribution in [2.24, 2.45) is 4.99 Å². The van der Waals surface area contributed by atoms with Gasteiger partial charge >= 0.3 is 0 Å². The van der Waals surface area contributed by atoms with Gasteiger partial charge in [0.05, 0.1) is 13.1 Å². The first-order valence-corrected chi connectivity index (χ1v) is 11.3. The number of hydrogen-bond donors (Lipinski definition) is 1. The van der Waals surface area contributed by atoms with E-state index >= 15 is 0 Å². The zero-order valence-corrected chi connectivity index (χ0v) is 21.4. The summed E-state index contributed by atoms with van der Waals surface area (Å²) >= 11 is 0. The SMILES string of the molecule is CCNC(=NCc1ccc(Cn2ccccc2=O)cc1)N1CCN(c2ccccc2)CC1.I. The second-order valence-electron chi connectivity index (χ2n) is 7.96. The summed E-state index contributed by atoms with van der Waals surface area (Å²) in [5, 5.41) is 3.45. The van der Waals surface area contributed by atoms with Crippen molar-refractivity contribution in [3.63, 3.8) is 0 Å². The highest BCUT2D eigenvalue weighted by Crippen LogP contribution is 2.16. The number of hydrogen-bond acceptors (Lipinski definition) is 3. The number of pyridine rings is 1. The van der Waals surface area contributed by atoms with Crippen molar-refractivity contribution >= 4 is 35.6 Å². The van der Waals surface area contributed by atoms with Gasteiger partial charge in [0.1, 0.15) is 0 Å². The van der Waals surface area contributed by atoms with Crippen LogP contribution in [0.5, 0.6) is 0 Å². The minimum atomic E-state index is 0. The van der Waals surface area contributed by atoms with E-state index in [1.807, 2.05) is 12.3 Å². The van der Waals surface area contributed by atoms with Crippen molar-refractivity contribution in [1.29, 1.82) is 0 Å². The highest BCUT2D eigenvalue weighted by Gasteiger charge is 2.19. The van der Waals surface area contributed by atoms with E-state index in [0.717, 1.165) is 49.8 Å². The van der Waals surface area contributed by atoms with Crippen molar-refractivity contribution in [2.45, 2.75) is 20.0 Å². The molecular formula is C26H32IN5O. The lowest BCUT2D eigenvalue weighted by atomic mass is 10.1. The number of benzene rings is 2. The molecule has 174 valence electrons. The molecule has 6 nitrogen and oxygen atoms in total. The van der Waals surface area contributed by atoms with E-state index in [-0.39, 0.29) is 29.5 Å². The number of piperazine rings is 1. The number of aromatic nitrogens is 1. The van der Waals surface area contributed by atoms with Gasteiger partial charge in [-0.25, -0.2) is 4.99 Å². The normalized spacial score (nSPS) is 14.0. The summed E-state index contributed by atoms with van der Waals surface area (Å²) in [6.07, 6.45) is 1.82. The highest BCUT2D eigenvalue weighted by atomic mass is 127. The number of anilines is 1. The van der Waals surface area contributed by atoms with Crippen LogP contribution in [0.3, 0.4) is 0 Å². The zero-order valence-electron chi connectivity index (χ0n) is 19.1. The van der Waals surface area contributed by atoms with Gasteiger partial charge in [-0.15, -0.1) is 24.0 Å². The molecule has 0 aliphatic carbocycles. The van der Waals surface area contributed by atoms with Gasteiger partial charge in [-0.2, -0.15) is 0 Å². The number of guanidine groups is 1. The largest absolute Gasteiger partial charge is 0.368 e. The van der Waals surface area contributed by atoms with Crippen LogP contribution in [0.1, 0.15) is 18.1 Å². The van der Waals surface area contributed by atoms with Crippen LogP contribution in [0, 0.1) is 0 Å². The fourth-order valence-electron chi connectivity index (χ4n) is 3.95. The van der Waals surface area contributed by atoms with Crippen molar-refractivity contribution in [3.8, 4) is 0 Å². The van der Waals surface area contributed by atoms with Crippen LogP contribution in [-0.4, -0.2) is 48.2 Å². The van der Waals surface area contributed by atoms with Crippen LogP contribution < -0.4 is 15.8 Å². The molecule has 0 unspecified atom stereocenters. The van der Waals surface area contributed by atoms with E-state index in [1.54, 1.807) is 16.7 Å². The summed E-state index contributed by atoms with van der Waals surface area (Å²) in [5.41, 5.74) is 3.57. The van der Waals surface area contributed by atoms with Gasteiger partial charge < -0.3 is 19.7 Å². The molecule has 2 heterocycles. The number of nitrogens with one attached hydrogen (secondary N) is 1. The van der Waals surface area contributed by atoms with Crippen LogP contribution in [0.15, 0.2) is 88.8 Å². The molecule has 1 aliphatic rings. The Kier molecular flexibility index (Phi) is 9.35. The Balaban J connectivity index is 0.00000306. The summed E-state index contributed by atoms with van der Waals surface area (Å²) in [5.74, 6) is 0.972. The summed E-state index contributed by atoms with van der Waals surface area (Å²) in [6.45, 7) is 8.05. The van der Waals surface area contributed by atoms with Crippen LogP contribution in [0.4, 0.5) is 5.69 Å². The van der Waals surface area contributed by atoms with Crippen LogP contribution in [0.2, 0.25) is 0 Å². The molecule has 1 saturated heterocycles. The Labute approximate surface area is 213 Å². The van der Waals surface area contributed by atoms with Crippen LogP contribution in [0.25, 0.3) is 0 Å². The summed E-state index contributed by atoms with van der Waals surface area (Å²) < 4.78 is 1.71. The fraction of sp³-hybridized carbons (Fsp3) is 0.308. The molecule has 0 saturated carbocycles. The molecule has 1 aromatic heterocycles. The third kappa shape index (κ3) is 6.83. The van der Waals surface area contributed by atoms with Crippen molar-refractivity contribution in [3.05, 3.63) is 100 Å². The minimum absolute atomic E-state index is 0. The molecule has 0 bridgehead atoms. The first-order valence-electron chi connectivity index (χ1n) is 11.3. The molecule has 0 radical (unpaired) electrons. The van der Waals surface area contributed by atoms with Crippen molar-refractivity contribution in [1.82, 2.24) is 14.8 Å². The molecule has 2 aromatic carbocycles. The third-order valence-corrected chi connectivity index (χ3v) is 5.72. The summed E-state index contributed by atoms with van der Waals surface area (Å²) in [4.78, 5) is 21.6. The Morgan fingerprint density at radius 3 is 2.21 bits per heavy atom. The Morgan fingerprint density at radius 2 is 1.55 bits per heavy atom. The predicted octanol–water partition coefficient (Wildman–Crippen LogP) is 3.80. The van der Waals surface area contributed by atoms with Gasteiger partial charge in [0, 0.05) is 50.7 Å². The van der Waals surface area contributed by atoms with Gasteiger partial charge in [-0.3, -0.25) is 4.79 Å². The Hall–Kier alpha value is -2.81. The van der Waals surface area contributed by atoms with E-state index in [9.17, 15) is 4.79 Å². The topological polar surface area (TPSA) is 52.9 Å². The Morgan fingerprint density at radius 1 is 0.879 bits per heavy atom. The van der Waals surface area contributed by atoms with Crippen molar-refractivity contribution in [2.75, 3.05) is 37.6 Å². The molecule has 0 spiro atoms. The summed E-state index contributed by atoms with van der Waals surface area (Å²) in [6, 6.07) is 24.2. The predicted molar refractivity (Wildman–Crippen MR) is 147 cm³/mol. The zero-order chi connectivity index (χ0) is 22.2. The summed E-state index contributed by atoms with van der Waals surface area (Å²) in [7, 11) is 0. The molecule has 4 rings (SSSR count). The number of halogens is 1. The first kappa shape index (κ1) is 24.8. The third-order valence-electron chi connectivity index (χ3n) is 5.72. The Bertz CT molecular complexity index is 1070. The second kappa shape index (κ2) is 12.4. The van der Waals surface area contributed by atoms with E-state index in [0.29, 0.717) is 13.1 Å². The molecule has 33 heavy (non-hydrogen) atoms. The number of para-hydroxylation sites is 1. The fourth-order valence-corrected chi connectivity index (χ4v) is 3.95. The molecule has 7 heteroatoms. The lowest BCUT2D eigenvalue weighted by molar-refractivity contribution is 0.372. The average Bonchev–Trinajstić information content (AvgIpc) is 2.85. The van der Waals surface area contributed by atoms with Gasteiger partial charge in [0.25, 0.3) is 5.56 Å². The molecule has 0 amide bonds. The first-order chi connectivity index (χ1) is 15.7. The maximum Gasteiger partial charge on any atom is 0.250 e. The highest BCUT2D eigenvalue weighted by molar-refractivity contribution is 14.0. The lowest BCUT2D eigenvalue weighted by Gasteiger charge is -2.37. The molecule has 1 fully saturated rings. The number of aliphatic imine (C=N–C) groups is 1. The van der Waals surface area contributed by atoms with Gasteiger partial charge in [0.15, 0.2) is 5.96 Å². The number of rotatable bonds is 6. The van der Waals surface area contributed by atoms with Gasteiger partial charge in [-0.05, 0) is 36.2 Å². The monoisotopic (exact) mass is 557 g/mol. The average molecular weight is 557 g/mol. The smallest absolute Gasteiger partial charge is 0.250 e.